The van der Waals surface area contributed by atoms with Gasteiger partial charge in [0.15, 0.2) is 0 Å². The van der Waals surface area contributed by atoms with Gasteiger partial charge in [0.05, 0.1) is 0 Å². The van der Waals surface area contributed by atoms with Crippen LogP contribution in [0.25, 0.3) is 0 Å². The Labute approximate surface area is 231 Å². The van der Waals surface area contributed by atoms with Gasteiger partial charge in [0.25, 0.3) is 0 Å². The van der Waals surface area contributed by atoms with Gasteiger partial charge in [-0.05, 0) is 63.8 Å². The average Bonchev–Trinajstić information content (AvgIpc) is 3.21. The molecule has 0 bridgehead atoms. The first-order chi connectivity index (χ1) is 17.0. The van der Waals surface area contributed by atoms with Gasteiger partial charge < -0.3 is 9.80 Å². The molecule has 36 heavy (non-hydrogen) atoms. The van der Waals surface area contributed by atoms with Gasteiger partial charge in [-0.25, -0.2) is 0 Å². The number of halogens is 2. The Balaban J connectivity index is 0.000000236. The van der Waals surface area contributed by atoms with Crippen LogP contribution in [0.1, 0.15) is 38.9 Å². The molecule has 0 radical (unpaired) electrons. The molecule has 0 unspecified atom stereocenters. The van der Waals surface area contributed by atoms with Crippen molar-refractivity contribution in [2.75, 3.05) is 41.9 Å². The van der Waals surface area contributed by atoms with Crippen LogP contribution in [0.4, 0.5) is 17.1 Å². The van der Waals surface area contributed by atoms with Gasteiger partial charge >= 0.3 is 92.0 Å². The summed E-state index contributed by atoms with van der Waals surface area (Å²) >= 11 is -1.71. The van der Waals surface area contributed by atoms with E-state index in [0.717, 1.165) is 24.3 Å². The number of benzene rings is 3. The van der Waals surface area contributed by atoms with Crippen LogP contribution >= 0.6 is 19.4 Å². The molecule has 3 aromatic rings. The van der Waals surface area contributed by atoms with E-state index in [4.69, 9.17) is 19.4 Å². The van der Waals surface area contributed by atoms with Gasteiger partial charge in [0.1, 0.15) is 0 Å². The maximum Gasteiger partial charge on any atom is 0.0146 e. The second-order valence-corrected chi connectivity index (χ2v) is 15.5. The number of hydrogen-bond donors (Lipinski definition) is 0. The van der Waals surface area contributed by atoms with Crippen molar-refractivity contribution in [2.24, 2.45) is 0 Å². The molecule has 1 heterocycles. The molecular formula is C30H38Cl2N3Ru-. The first-order valence-electron chi connectivity index (χ1n) is 12.1. The van der Waals surface area contributed by atoms with E-state index in [1.807, 2.05) is 36.9 Å². The van der Waals surface area contributed by atoms with Crippen molar-refractivity contribution in [3.8, 4) is 0 Å². The van der Waals surface area contributed by atoms with E-state index in [2.05, 4.69) is 93.2 Å². The van der Waals surface area contributed by atoms with Crippen molar-refractivity contribution in [1.82, 2.24) is 0 Å². The molecule has 0 N–H and O–H groups in total. The van der Waals surface area contributed by atoms with Crippen LogP contribution in [0.3, 0.4) is 0 Å². The quantitative estimate of drug-likeness (QED) is 0.220. The molecule has 6 heteroatoms. The van der Waals surface area contributed by atoms with Gasteiger partial charge in [-0.15, -0.1) is 0 Å². The maximum absolute atomic E-state index is 5.82. The van der Waals surface area contributed by atoms with E-state index in [-0.39, 0.29) is 0 Å². The second-order valence-electron chi connectivity index (χ2n) is 9.76. The van der Waals surface area contributed by atoms with Crippen molar-refractivity contribution in [2.45, 2.75) is 41.5 Å². The third-order valence-electron chi connectivity index (χ3n) is 6.31. The summed E-state index contributed by atoms with van der Waals surface area (Å²) < 4.78 is 1.96. The van der Waals surface area contributed by atoms with Crippen LogP contribution in [0.5, 0.6) is 0 Å². The van der Waals surface area contributed by atoms with Crippen LogP contribution < -0.4 is 14.7 Å². The van der Waals surface area contributed by atoms with Crippen LogP contribution in [0.15, 0.2) is 48.5 Å². The number of rotatable bonds is 4. The zero-order chi connectivity index (χ0) is 26.6. The molecule has 4 rings (SSSR count). The first-order valence-corrected chi connectivity index (χ1v) is 17.6. The third-order valence-corrected chi connectivity index (χ3v) is 8.14. The molecule has 3 aromatic carbocycles. The van der Waals surface area contributed by atoms with Crippen LogP contribution in [0.2, 0.25) is 0 Å². The molecule has 0 saturated carbocycles. The summed E-state index contributed by atoms with van der Waals surface area (Å²) in [7, 11) is 15.7. The number of aryl methyl sites for hydroxylation is 6. The standard InChI is InChI=1S/C21H27N2.C9H11N.2ClH.Ru/c1-14-9-16(3)20(17(4)10-14)22-7-8-23(13-22)21-18(5)11-15(2)12-19(21)6;1-8-6-4-5-7-9(8)10(2)3;;;/h9-13H,7-8H2,1-6H3;1,4-7H,2-3H3;2*1H;/q-1;;;;+2/p-2. The number of para-hydroxylation sites is 1. The molecular weight excluding hydrogens is 574 g/mol. The molecule has 196 valence electrons. The molecule has 0 aromatic heterocycles. The average molecular weight is 613 g/mol. The molecule has 3 nitrogen and oxygen atoms in total. The van der Waals surface area contributed by atoms with Gasteiger partial charge in [-0.1, -0.05) is 35.4 Å². The summed E-state index contributed by atoms with van der Waals surface area (Å²) in [6, 6.07) is 17.2. The van der Waals surface area contributed by atoms with Gasteiger partial charge in [0, 0.05) is 24.5 Å². The molecule has 1 fully saturated rings. The monoisotopic (exact) mass is 612 g/mol. The van der Waals surface area contributed by atoms with E-state index in [9.17, 15) is 0 Å². The molecule has 0 aliphatic carbocycles. The van der Waals surface area contributed by atoms with Gasteiger partial charge in [-0.2, -0.15) is 6.67 Å². The van der Waals surface area contributed by atoms with Gasteiger partial charge in [0.2, 0.25) is 0 Å². The molecule has 0 spiro atoms. The molecule has 1 aliphatic rings. The van der Waals surface area contributed by atoms with E-state index >= 15 is 0 Å². The third kappa shape index (κ3) is 7.12. The fourth-order valence-corrected chi connectivity index (χ4v) is 6.97. The minimum Gasteiger partial charge on any atom is -0.502 e. The largest absolute Gasteiger partial charge is 0.502 e. The first kappa shape index (κ1) is 28.7. The fourth-order valence-electron chi connectivity index (χ4n) is 5.15. The van der Waals surface area contributed by atoms with Crippen molar-refractivity contribution < 1.29 is 13.5 Å². The number of hydrogen-bond acceptors (Lipinski definition) is 3. The fraction of sp³-hybridized carbons (Fsp3) is 0.333. The minimum atomic E-state index is -1.71. The summed E-state index contributed by atoms with van der Waals surface area (Å²) in [6.45, 7) is 17.6. The van der Waals surface area contributed by atoms with Crippen molar-refractivity contribution in [1.29, 1.82) is 0 Å². The number of nitrogens with zero attached hydrogens (tertiary/aromatic N) is 3. The van der Waals surface area contributed by atoms with Crippen molar-refractivity contribution in [3.05, 3.63) is 94.1 Å². The molecule has 0 atom stereocenters. The van der Waals surface area contributed by atoms with E-state index < -0.39 is 13.5 Å². The molecule has 1 saturated heterocycles. The van der Waals surface area contributed by atoms with Crippen molar-refractivity contribution >= 4 is 41.1 Å². The Morgan fingerprint density at radius 3 is 1.56 bits per heavy atom. The predicted molar refractivity (Wildman–Crippen MR) is 158 cm³/mol. The van der Waals surface area contributed by atoms with E-state index in [0.29, 0.717) is 0 Å². The summed E-state index contributed by atoms with van der Waals surface area (Å²) in [5.41, 5.74) is 13.1. The summed E-state index contributed by atoms with van der Waals surface area (Å²) in [4.78, 5) is 6.86. The van der Waals surface area contributed by atoms with Crippen LogP contribution in [-0.2, 0) is 13.5 Å². The minimum absolute atomic E-state index is 1.04. The zero-order valence-corrected chi connectivity index (χ0v) is 25.9. The zero-order valence-electron chi connectivity index (χ0n) is 22.6. The summed E-state index contributed by atoms with van der Waals surface area (Å²) in [5, 5.41) is 0. The topological polar surface area (TPSA) is 9.72 Å². The maximum atomic E-state index is 5.82. The van der Waals surface area contributed by atoms with Crippen LogP contribution in [-0.4, -0.2) is 31.8 Å². The Hall–Kier alpha value is -1.87. The van der Waals surface area contributed by atoms with Crippen molar-refractivity contribution in [3.63, 3.8) is 0 Å². The summed E-state index contributed by atoms with van der Waals surface area (Å²) in [6.07, 6.45) is 0. The Morgan fingerprint density at radius 2 is 1.17 bits per heavy atom. The normalized spacial score (nSPS) is 13.3. The Kier molecular flexibility index (Phi) is 10.0. The Bertz CT molecular complexity index is 1140. The smallest absolute Gasteiger partial charge is 0.0146 e. The summed E-state index contributed by atoms with van der Waals surface area (Å²) in [5.74, 6) is 0. The predicted octanol–water partition coefficient (Wildman–Crippen LogP) is 7.81. The van der Waals surface area contributed by atoms with E-state index in [1.165, 1.54) is 44.8 Å². The van der Waals surface area contributed by atoms with E-state index in [1.54, 1.807) is 0 Å². The Morgan fingerprint density at radius 1 is 0.750 bits per heavy atom. The molecule has 1 aliphatic heterocycles. The SMILES string of the molecule is CN(C)c1ccccc1[CH]=[Ru]([Cl])[Cl].Cc1cc(C)c(N2[CH-]N(c3c(C)cc(C)cc3C)CC2)c(C)c1. The molecule has 0 amide bonds. The van der Waals surface area contributed by atoms with Crippen LogP contribution in [0, 0.1) is 48.2 Å². The number of anilines is 3. The van der Waals surface area contributed by atoms with Gasteiger partial charge in [-0.3, -0.25) is 0 Å². The second kappa shape index (κ2) is 12.6.